The molecule has 2 heteroatoms. The molecule has 0 spiro atoms. The molecule has 0 aromatic heterocycles. The molecule has 1 aromatic rings. The average Bonchev–Trinajstić information content (AvgIpc) is 2.27. The molecule has 1 aromatic carbocycles. The molecule has 0 bridgehead atoms. The van der Waals surface area contributed by atoms with Crippen LogP contribution in [0.15, 0.2) is 48.6 Å². The van der Waals surface area contributed by atoms with Gasteiger partial charge < -0.3 is 4.74 Å². The molecule has 0 aliphatic heterocycles. The maximum Gasteiger partial charge on any atom is 0.337 e. The normalized spacial score (nSPS) is 10.2. The van der Waals surface area contributed by atoms with Crippen LogP contribution in [0, 0.1) is 0 Å². The van der Waals surface area contributed by atoms with Crippen molar-refractivity contribution in [3.05, 3.63) is 54.1 Å². The number of benzene rings is 1. The molecule has 0 amide bonds. The summed E-state index contributed by atoms with van der Waals surface area (Å²) in [7, 11) is 0. The predicted octanol–water partition coefficient (Wildman–Crippen LogP) is 2.82. The molecule has 0 fully saturated rings. The third-order valence-corrected chi connectivity index (χ3v) is 1.81. The number of hydrogen-bond donors (Lipinski definition) is 0. The van der Waals surface area contributed by atoms with Gasteiger partial charge in [-0.2, -0.15) is 0 Å². The minimum absolute atomic E-state index is 0.362. The second-order valence-corrected chi connectivity index (χ2v) is 2.99. The Hall–Kier alpha value is -1.83. The predicted molar refractivity (Wildman–Crippen MR) is 61.2 cm³/mol. The molecule has 0 heterocycles. The largest absolute Gasteiger partial charge is 0.462 e. The third kappa shape index (κ3) is 3.81. The zero-order valence-electron chi connectivity index (χ0n) is 8.77. The Labute approximate surface area is 89.9 Å². The number of ether oxygens (including phenoxy) is 1. The fraction of sp³-hybridized carbons (Fsp3) is 0.154. The number of rotatable bonds is 4. The van der Waals surface area contributed by atoms with Crippen LogP contribution < -0.4 is 0 Å². The molecule has 78 valence electrons. The Morgan fingerprint density at radius 2 is 2.07 bits per heavy atom. The van der Waals surface area contributed by atoms with Crippen LogP contribution in [0.3, 0.4) is 0 Å². The number of esters is 1. The monoisotopic (exact) mass is 202 g/mol. The van der Waals surface area contributed by atoms with Gasteiger partial charge in [0.2, 0.25) is 0 Å². The van der Waals surface area contributed by atoms with Gasteiger partial charge in [0.25, 0.3) is 0 Å². The standard InChI is InChI=1S/C13H14O2/c1-3-15-13(14)11(2)9-10-12-7-5-4-6-8-12/h4-10H,2-3H2,1H3/b10-9+. The minimum atomic E-state index is -0.371. The van der Waals surface area contributed by atoms with Crippen LogP contribution in [0.1, 0.15) is 12.5 Å². The van der Waals surface area contributed by atoms with Crippen molar-refractivity contribution >= 4 is 12.0 Å². The van der Waals surface area contributed by atoms with E-state index in [-0.39, 0.29) is 5.97 Å². The minimum Gasteiger partial charge on any atom is -0.462 e. The molecule has 0 N–H and O–H groups in total. The lowest BCUT2D eigenvalue weighted by molar-refractivity contribution is -0.138. The summed E-state index contributed by atoms with van der Waals surface area (Å²) < 4.78 is 4.80. The lowest BCUT2D eigenvalue weighted by Crippen LogP contribution is -2.04. The van der Waals surface area contributed by atoms with Gasteiger partial charge in [-0.3, -0.25) is 0 Å². The molecule has 0 unspecified atom stereocenters. The lowest BCUT2D eigenvalue weighted by atomic mass is 10.2. The van der Waals surface area contributed by atoms with Crippen molar-refractivity contribution in [2.24, 2.45) is 0 Å². The van der Waals surface area contributed by atoms with E-state index in [1.54, 1.807) is 13.0 Å². The van der Waals surface area contributed by atoms with Crippen molar-refractivity contribution in [2.75, 3.05) is 6.61 Å². The highest BCUT2D eigenvalue weighted by molar-refractivity contribution is 5.92. The average molecular weight is 202 g/mol. The summed E-state index contributed by atoms with van der Waals surface area (Å²) in [6.45, 7) is 5.77. The topological polar surface area (TPSA) is 26.3 Å². The maximum atomic E-state index is 11.2. The lowest BCUT2D eigenvalue weighted by Gasteiger charge is -1.99. The molecule has 0 radical (unpaired) electrons. The van der Waals surface area contributed by atoms with Gasteiger partial charge in [0.1, 0.15) is 0 Å². The van der Waals surface area contributed by atoms with E-state index in [1.807, 2.05) is 36.4 Å². The van der Waals surface area contributed by atoms with E-state index in [0.717, 1.165) is 5.56 Å². The van der Waals surface area contributed by atoms with Crippen LogP contribution in [0.2, 0.25) is 0 Å². The summed E-state index contributed by atoms with van der Waals surface area (Å²) in [6.07, 6.45) is 3.49. The molecule has 2 nitrogen and oxygen atoms in total. The van der Waals surface area contributed by atoms with Crippen LogP contribution in [0.5, 0.6) is 0 Å². The second-order valence-electron chi connectivity index (χ2n) is 2.99. The van der Waals surface area contributed by atoms with Gasteiger partial charge in [-0.25, -0.2) is 4.79 Å². The molecule has 15 heavy (non-hydrogen) atoms. The molecule has 0 saturated heterocycles. The highest BCUT2D eigenvalue weighted by atomic mass is 16.5. The Kier molecular flexibility index (Phi) is 4.35. The Balaban J connectivity index is 2.59. The molecule has 0 aliphatic carbocycles. The van der Waals surface area contributed by atoms with Gasteiger partial charge in [0.15, 0.2) is 0 Å². The van der Waals surface area contributed by atoms with Crippen LogP contribution >= 0.6 is 0 Å². The van der Waals surface area contributed by atoms with Crippen molar-refractivity contribution in [2.45, 2.75) is 6.92 Å². The molecule has 1 rings (SSSR count). The van der Waals surface area contributed by atoms with Crippen molar-refractivity contribution in [3.8, 4) is 0 Å². The van der Waals surface area contributed by atoms with E-state index in [4.69, 9.17) is 4.74 Å². The Morgan fingerprint density at radius 3 is 2.67 bits per heavy atom. The molecule has 0 aliphatic rings. The summed E-state index contributed by atoms with van der Waals surface area (Å²) in [6, 6.07) is 9.72. The summed E-state index contributed by atoms with van der Waals surface area (Å²) in [5.41, 5.74) is 1.39. The van der Waals surface area contributed by atoms with Gasteiger partial charge in [0.05, 0.1) is 12.2 Å². The smallest absolute Gasteiger partial charge is 0.337 e. The van der Waals surface area contributed by atoms with Crippen LogP contribution in [-0.4, -0.2) is 12.6 Å². The molecular formula is C13H14O2. The van der Waals surface area contributed by atoms with Crippen molar-refractivity contribution in [1.29, 1.82) is 0 Å². The Bertz CT molecular complexity index is 363. The van der Waals surface area contributed by atoms with E-state index < -0.39 is 0 Å². The summed E-state index contributed by atoms with van der Waals surface area (Å²) >= 11 is 0. The SMILES string of the molecule is C=C(/C=C/c1ccccc1)C(=O)OCC. The highest BCUT2D eigenvalue weighted by Gasteiger charge is 2.02. The fourth-order valence-corrected chi connectivity index (χ4v) is 1.05. The van der Waals surface area contributed by atoms with Gasteiger partial charge in [-0.05, 0) is 18.6 Å². The first-order valence-corrected chi connectivity index (χ1v) is 4.83. The van der Waals surface area contributed by atoms with Crippen LogP contribution in [0.4, 0.5) is 0 Å². The zero-order chi connectivity index (χ0) is 11.1. The summed E-state index contributed by atoms with van der Waals surface area (Å²) in [4.78, 5) is 11.2. The van der Waals surface area contributed by atoms with Crippen LogP contribution in [0.25, 0.3) is 6.08 Å². The van der Waals surface area contributed by atoms with E-state index in [2.05, 4.69) is 6.58 Å². The van der Waals surface area contributed by atoms with Crippen molar-refractivity contribution < 1.29 is 9.53 Å². The first kappa shape index (κ1) is 11.2. The zero-order valence-corrected chi connectivity index (χ0v) is 8.77. The van der Waals surface area contributed by atoms with Gasteiger partial charge in [-0.15, -0.1) is 0 Å². The van der Waals surface area contributed by atoms with Gasteiger partial charge in [0, 0.05) is 0 Å². The van der Waals surface area contributed by atoms with Crippen LogP contribution in [-0.2, 0) is 9.53 Å². The first-order chi connectivity index (χ1) is 7.24. The first-order valence-electron chi connectivity index (χ1n) is 4.83. The molecule has 0 atom stereocenters. The van der Waals surface area contributed by atoms with Gasteiger partial charge >= 0.3 is 5.97 Å². The number of carbonyl (C=O) groups is 1. The highest BCUT2D eigenvalue weighted by Crippen LogP contribution is 2.04. The molecule has 0 saturated carbocycles. The van der Waals surface area contributed by atoms with Crippen molar-refractivity contribution in [1.82, 2.24) is 0 Å². The van der Waals surface area contributed by atoms with E-state index in [9.17, 15) is 4.79 Å². The molecular weight excluding hydrogens is 188 g/mol. The summed E-state index contributed by atoms with van der Waals surface area (Å²) in [5, 5.41) is 0. The fourth-order valence-electron chi connectivity index (χ4n) is 1.05. The van der Waals surface area contributed by atoms with Gasteiger partial charge in [-0.1, -0.05) is 43.0 Å². The van der Waals surface area contributed by atoms with E-state index >= 15 is 0 Å². The third-order valence-electron chi connectivity index (χ3n) is 1.81. The number of carbonyl (C=O) groups excluding carboxylic acids is 1. The second kappa shape index (κ2) is 5.81. The number of hydrogen-bond acceptors (Lipinski definition) is 2. The Morgan fingerprint density at radius 1 is 1.40 bits per heavy atom. The van der Waals surface area contributed by atoms with E-state index in [0.29, 0.717) is 12.2 Å². The maximum absolute atomic E-state index is 11.2. The quantitative estimate of drug-likeness (QED) is 0.426. The van der Waals surface area contributed by atoms with Crippen molar-refractivity contribution in [3.63, 3.8) is 0 Å². The van der Waals surface area contributed by atoms with E-state index in [1.165, 1.54) is 0 Å². The summed E-state index contributed by atoms with van der Waals surface area (Å²) in [5.74, 6) is -0.371.